The molecule has 1 rings (SSSR count). The largest absolute Gasteiger partial charge is 0.373 e. The van der Waals surface area contributed by atoms with Crippen LogP contribution in [0.4, 0.5) is 5.69 Å². The lowest BCUT2D eigenvalue weighted by molar-refractivity contribution is 0.956. The molecule has 0 saturated heterocycles. The molecule has 4 heteroatoms. The van der Waals surface area contributed by atoms with Crippen LogP contribution in [0.3, 0.4) is 0 Å². The fourth-order valence-corrected chi connectivity index (χ4v) is 0.631. The van der Waals surface area contributed by atoms with Crippen molar-refractivity contribution in [3.05, 3.63) is 22.6 Å². The predicted molar refractivity (Wildman–Crippen MR) is 38.0 cm³/mol. The molecule has 0 aromatic carbocycles. The molecule has 0 aliphatic heterocycles. The zero-order valence-electron chi connectivity index (χ0n) is 5.88. The quantitative estimate of drug-likeness (QED) is 0.576. The number of anilines is 1. The van der Waals surface area contributed by atoms with Gasteiger partial charge in [-0.3, -0.25) is 4.79 Å². The van der Waals surface area contributed by atoms with Gasteiger partial charge in [0.2, 0.25) is 0 Å². The molecule has 0 fully saturated rings. The van der Waals surface area contributed by atoms with Crippen molar-refractivity contribution in [3.63, 3.8) is 0 Å². The highest BCUT2D eigenvalue weighted by Crippen LogP contribution is 1.97. The molecule has 53 valence electrons. The van der Waals surface area contributed by atoms with Crippen molar-refractivity contribution in [2.24, 2.45) is 0 Å². The molecule has 0 spiro atoms. The van der Waals surface area contributed by atoms with E-state index in [0.717, 1.165) is 0 Å². The average Bonchev–Trinajstić information content (AvgIpc) is 1.88. The second-order valence-corrected chi connectivity index (χ2v) is 2.11. The number of hydrogen-bond acceptors (Lipinski definition) is 3. The van der Waals surface area contributed by atoms with Gasteiger partial charge in [-0.25, -0.2) is 5.10 Å². The summed E-state index contributed by atoms with van der Waals surface area (Å²) in [6.07, 6.45) is 2.54. The molecule has 0 aliphatic carbocycles. The summed E-state index contributed by atoms with van der Waals surface area (Å²) in [4.78, 5) is 12.6. The maximum absolute atomic E-state index is 10.9. The normalized spacial score (nSPS) is 9.40. The minimum atomic E-state index is -0.191. The third-order valence-corrected chi connectivity index (χ3v) is 1.14. The van der Waals surface area contributed by atoms with Crippen LogP contribution in [-0.4, -0.2) is 24.3 Å². The molecule has 0 unspecified atom stereocenters. The fourth-order valence-electron chi connectivity index (χ4n) is 0.631. The van der Waals surface area contributed by atoms with E-state index in [4.69, 9.17) is 0 Å². The molecule has 1 N–H and O–H groups in total. The Morgan fingerprint density at radius 2 is 2.40 bits per heavy atom. The molecule has 0 atom stereocenters. The lowest BCUT2D eigenvalue weighted by Crippen LogP contribution is -2.20. The van der Waals surface area contributed by atoms with E-state index in [1.807, 2.05) is 0 Å². The van der Waals surface area contributed by atoms with E-state index < -0.39 is 0 Å². The Hall–Kier alpha value is -1.32. The minimum absolute atomic E-state index is 0.191. The first-order chi connectivity index (χ1) is 4.72. The maximum atomic E-state index is 10.9. The molecule has 1 heterocycles. The summed E-state index contributed by atoms with van der Waals surface area (Å²) in [5, 5.41) is 5.72. The van der Waals surface area contributed by atoms with Crippen LogP contribution in [0.25, 0.3) is 0 Å². The predicted octanol–water partition coefficient (Wildman–Crippen LogP) is -0.364. The van der Waals surface area contributed by atoms with Gasteiger partial charge in [0.05, 0.1) is 0 Å². The van der Waals surface area contributed by atoms with Crippen molar-refractivity contribution in [1.82, 2.24) is 10.2 Å². The topological polar surface area (TPSA) is 49.0 Å². The molecule has 1 radical (unpaired) electrons. The van der Waals surface area contributed by atoms with E-state index in [9.17, 15) is 4.79 Å². The SMILES string of the molecule is CN(C)c1c[c]n[nH]c1=O. The van der Waals surface area contributed by atoms with Crippen LogP contribution in [0, 0.1) is 6.20 Å². The molecule has 10 heavy (non-hydrogen) atoms. The van der Waals surface area contributed by atoms with Crippen molar-refractivity contribution in [2.75, 3.05) is 19.0 Å². The first-order valence-electron chi connectivity index (χ1n) is 2.85. The Balaban J connectivity index is 3.16. The summed E-state index contributed by atoms with van der Waals surface area (Å²) < 4.78 is 0. The van der Waals surface area contributed by atoms with Crippen LogP contribution in [0.15, 0.2) is 10.9 Å². The van der Waals surface area contributed by atoms with Crippen LogP contribution >= 0.6 is 0 Å². The number of nitrogens with zero attached hydrogens (tertiary/aromatic N) is 2. The van der Waals surface area contributed by atoms with E-state index in [2.05, 4.69) is 16.4 Å². The van der Waals surface area contributed by atoms with Crippen LogP contribution < -0.4 is 10.5 Å². The lowest BCUT2D eigenvalue weighted by atomic mass is 10.4. The number of aromatic amines is 1. The Kier molecular flexibility index (Phi) is 1.71. The van der Waals surface area contributed by atoms with Crippen molar-refractivity contribution in [3.8, 4) is 0 Å². The van der Waals surface area contributed by atoms with Crippen LogP contribution in [-0.2, 0) is 0 Å². The average molecular weight is 138 g/mol. The number of hydrogen-bond donors (Lipinski definition) is 1. The standard InChI is InChI=1S/C6H8N3O/c1-9(2)5-3-4-7-8-6(5)10/h3H,1-2H3,(H,8,10). The number of aromatic nitrogens is 2. The van der Waals surface area contributed by atoms with Crippen LogP contribution in [0.5, 0.6) is 0 Å². The Morgan fingerprint density at radius 1 is 1.70 bits per heavy atom. The van der Waals surface area contributed by atoms with Gasteiger partial charge < -0.3 is 4.90 Å². The van der Waals surface area contributed by atoms with Crippen LogP contribution in [0.1, 0.15) is 0 Å². The summed E-state index contributed by atoms with van der Waals surface area (Å²) in [6.45, 7) is 0. The molecule has 1 aromatic heterocycles. The molecule has 0 saturated carbocycles. The van der Waals surface area contributed by atoms with Crippen molar-refractivity contribution >= 4 is 5.69 Å². The molecule has 0 amide bonds. The zero-order chi connectivity index (χ0) is 7.56. The third-order valence-electron chi connectivity index (χ3n) is 1.14. The molecular formula is C6H8N3O. The molecule has 0 bridgehead atoms. The lowest BCUT2D eigenvalue weighted by Gasteiger charge is -2.08. The first-order valence-corrected chi connectivity index (χ1v) is 2.85. The fraction of sp³-hybridized carbons (Fsp3) is 0.333. The van der Waals surface area contributed by atoms with E-state index in [1.54, 1.807) is 25.1 Å². The summed E-state index contributed by atoms with van der Waals surface area (Å²) in [6, 6.07) is 1.54. The highest BCUT2D eigenvalue weighted by atomic mass is 16.1. The summed E-state index contributed by atoms with van der Waals surface area (Å²) in [5.74, 6) is 0. The van der Waals surface area contributed by atoms with Crippen molar-refractivity contribution < 1.29 is 0 Å². The van der Waals surface area contributed by atoms with Gasteiger partial charge in [-0.15, -0.1) is 0 Å². The second-order valence-electron chi connectivity index (χ2n) is 2.11. The minimum Gasteiger partial charge on any atom is -0.373 e. The highest BCUT2D eigenvalue weighted by molar-refractivity contribution is 5.39. The van der Waals surface area contributed by atoms with Gasteiger partial charge in [0.25, 0.3) is 5.56 Å². The summed E-state index contributed by atoms with van der Waals surface area (Å²) >= 11 is 0. The van der Waals surface area contributed by atoms with Gasteiger partial charge in [0.15, 0.2) is 0 Å². The van der Waals surface area contributed by atoms with Gasteiger partial charge in [0, 0.05) is 14.1 Å². The van der Waals surface area contributed by atoms with E-state index in [-0.39, 0.29) is 5.56 Å². The molecule has 4 nitrogen and oxygen atoms in total. The Labute approximate surface area is 58.5 Å². The Morgan fingerprint density at radius 3 is 2.80 bits per heavy atom. The van der Waals surface area contributed by atoms with Gasteiger partial charge in [0.1, 0.15) is 11.9 Å². The van der Waals surface area contributed by atoms with E-state index in [1.165, 1.54) is 0 Å². The number of rotatable bonds is 1. The van der Waals surface area contributed by atoms with Crippen LogP contribution in [0.2, 0.25) is 0 Å². The van der Waals surface area contributed by atoms with Gasteiger partial charge >= 0.3 is 0 Å². The smallest absolute Gasteiger partial charge is 0.287 e. The van der Waals surface area contributed by atoms with Gasteiger partial charge in [-0.1, -0.05) is 0 Å². The summed E-state index contributed by atoms with van der Waals surface area (Å²) in [7, 11) is 3.58. The molecular weight excluding hydrogens is 130 g/mol. The number of H-pyrrole nitrogens is 1. The molecule has 0 aliphatic rings. The third kappa shape index (κ3) is 1.15. The highest BCUT2D eigenvalue weighted by Gasteiger charge is 1.97. The van der Waals surface area contributed by atoms with E-state index in [0.29, 0.717) is 5.69 Å². The number of nitrogens with one attached hydrogen (secondary N) is 1. The Bertz CT molecular complexity index is 266. The second kappa shape index (κ2) is 2.51. The maximum Gasteiger partial charge on any atom is 0.287 e. The van der Waals surface area contributed by atoms with E-state index >= 15 is 0 Å². The van der Waals surface area contributed by atoms with Crippen molar-refractivity contribution in [2.45, 2.75) is 0 Å². The van der Waals surface area contributed by atoms with Gasteiger partial charge in [-0.2, -0.15) is 5.10 Å². The monoisotopic (exact) mass is 138 g/mol. The zero-order valence-corrected chi connectivity index (χ0v) is 5.88. The van der Waals surface area contributed by atoms with Gasteiger partial charge in [-0.05, 0) is 6.07 Å². The summed E-state index contributed by atoms with van der Waals surface area (Å²) in [5.41, 5.74) is 0.374. The molecule has 1 aromatic rings. The van der Waals surface area contributed by atoms with Crippen molar-refractivity contribution in [1.29, 1.82) is 0 Å². The first kappa shape index (κ1) is 6.80.